The van der Waals surface area contributed by atoms with E-state index < -0.39 is 0 Å². The molecule has 0 atom stereocenters. The molecule has 4 aliphatic heterocycles. The van der Waals surface area contributed by atoms with Crippen LogP contribution in [0.4, 0.5) is 41.1 Å². The largest absolute Gasteiger partial charge is 0.429 e. The molecule has 0 spiro atoms. The molecule has 2 N–H and O–H groups in total. The van der Waals surface area contributed by atoms with E-state index in [1.165, 1.54) is 126 Å². The summed E-state index contributed by atoms with van der Waals surface area (Å²) in [4.78, 5) is 96.3. The molecule has 0 saturated heterocycles. The van der Waals surface area contributed by atoms with E-state index in [2.05, 4.69) is 60.3 Å². The molecule has 0 radical (unpaired) electrons. The first-order valence-electron chi connectivity index (χ1n) is 41.1. The molecule has 12 heterocycles. The van der Waals surface area contributed by atoms with Gasteiger partial charge in [0.1, 0.15) is 78.5 Å². The zero-order valence-electron chi connectivity index (χ0n) is 69.0. The molecule has 4 amide bonds. The number of fused-ring (bicyclic) bond motifs is 4. The van der Waals surface area contributed by atoms with Crippen molar-refractivity contribution in [3.05, 3.63) is 327 Å². The van der Waals surface area contributed by atoms with Crippen LogP contribution in [-0.4, -0.2) is 155 Å². The molecule has 26 nitrogen and oxygen atoms in total. The van der Waals surface area contributed by atoms with E-state index in [4.69, 9.17) is 10.2 Å². The number of halogens is 8. The predicted molar refractivity (Wildman–Crippen MR) is 461 cm³/mol. The van der Waals surface area contributed by atoms with Gasteiger partial charge in [-0.3, -0.25) is 29.1 Å². The molecule has 0 bridgehead atoms. The van der Waals surface area contributed by atoms with Crippen molar-refractivity contribution in [1.82, 2.24) is 98.6 Å². The fourth-order valence-electron chi connectivity index (χ4n) is 15.2. The number of rotatable bonds is 16. The van der Waals surface area contributed by atoms with Crippen LogP contribution in [0.3, 0.4) is 0 Å². The summed E-state index contributed by atoms with van der Waals surface area (Å²) in [6.45, 7) is 6.10. The number of amides is 4. The number of hydrogen-bond donors (Lipinski definition) is 1. The van der Waals surface area contributed by atoms with Crippen LogP contribution in [-0.2, 0) is 97.1 Å². The fourth-order valence-corrected chi connectivity index (χ4v) is 16.2. The highest BCUT2D eigenvalue weighted by Gasteiger charge is 2.31. The number of oxazole rings is 1. The van der Waals surface area contributed by atoms with Gasteiger partial charge in [0.15, 0.2) is 46.6 Å². The minimum atomic E-state index is -0.379. The molecule has 35 heteroatoms. The van der Waals surface area contributed by atoms with Crippen LogP contribution in [0.25, 0.3) is 91.1 Å². The number of carbonyl (C=O) groups is 4. The van der Waals surface area contributed by atoms with E-state index in [1.807, 2.05) is 30.0 Å². The molecule has 0 unspecified atom stereocenters. The molecule has 0 aliphatic carbocycles. The van der Waals surface area contributed by atoms with Gasteiger partial charge in [0.25, 0.3) is 6.01 Å². The Bertz CT molecular complexity index is 6450. The Morgan fingerprint density at radius 3 is 1.08 bits per heavy atom. The second-order valence-electron chi connectivity index (χ2n) is 30.6. The lowest BCUT2D eigenvalue weighted by Crippen LogP contribution is -2.38. The van der Waals surface area contributed by atoms with Gasteiger partial charge in [0.05, 0.1) is 28.6 Å². The standard InChI is InChI=1S/C24H21F2N5OS.C24H19F2N5O.C23H20F2N6O2.C23H17F2N5O/c1-15-27-20-10-12-30(13-11-21(20)33-15)22(32)14-31-24(17-4-8-19(26)9-5-17)28-23(29-31)16-2-6-18(25)7-3-16;25-20-5-1-17(2-6-20)23-28-24(18-3-7-21(26)8-4-18)31(29-23)15-22(32)30-12-10-16-9-11-27-13-19(16)14-30;24-16-5-1-14(2-6-16)21-28-22(15-3-7-17(25)8-4-15)31(29-21)13-20(32)30-11-9-18-19(10-12-30)33-23(26)27-18;24-18-7-3-15(4-8-18)22-27-23(16-5-9-19(25)10-6-16)30(28-22)14-21(31)29-12-17-2-1-11-26-20(17)13-29/h2-9H,10-14H2,1H3;1-9,11,13H,10,12,14-15H2;1-8H,9-13H2,(H2,26,27);1-11H,12-14H2. The Labute approximate surface area is 735 Å². The summed E-state index contributed by atoms with van der Waals surface area (Å²) < 4.78 is 119. The molecule has 129 heavy (non-hydrogen) atoms. The molecular weight excluding hydrogens is 1690 g/mol. The monoisotopic (exact) mass is 1760 g/mol. The summed E-state index contributed by atoms with van der Waals surface area (Å²) in [6, 6.07) is 52.6. The normalized spacial score (nSPS) is 13.3. The van der Waals surface area contributed by atoms with Crippen LogP contribution < -0.4 is 5.73 Å². The van der Waals surface area contributed by atoms with E-state index >= 15 is 0 Å². The van der Waals surface area contributed by atoms with E-state index in [0.717, 1.165) is 52.5 Å². The number of nitrogen functional groups attached to an aromatic ring is 1. The molecular formula is C94H77F8N21O5S. The Morgan fingerprint density at radius 1 is 0.341 bits per heavy atom. The molecule has 0 fully saturated rings. The van der Waals surface area contributed by atoms with Crippen molar-refractivity contribution in [2.24, 2.45) is 0 Å². The predicted octanol–water partition coefficient (Wildman–Crippen LogP) is 15.1. The van der Waals surface area contributed by atoms with Crippen molar-refractivity contribution in [1.29, 1.82) is 0 Å². The number of hydrogen-bond acceptors (Lipinski definition) is 19. The number of benzene rings is 8. The first-order valence-corrected chi connectivity index (χ1v) is 41.9. The van der Waals surface area contributed by atoms with E-state index in [9.17, 15) is 54.3 Å². The van der Waals surface area contributed by atoms with Gasteiger partial charge in [-0.05, 0) is 236 Å². The van der Waals surface area contributed by atoms with Crippen molar-refractivity contribution < 1.29 is 58.7 Å². The van der Waals surface area contributed by atoms with Gasteiger partial charge < -0.3 is 29.8 Å². The second-order valence-corrected chi connectivity index (χ2v) is 31.9. The molecule has 8 aromatic heterocycles. The number of aryl methyl sites for hydroxylation is 1. The van der Waals surface area contributed by atoms with Crippen LogP contribution in [0, 0.1) is 53.5 Å². The zero-order chi connectivity index (χ0) is 89.3. The first-order chi connectivity index (χ1) is 62.5. The lowest BCUT2D eigenvalue weighted by atomic mass is 10.0. The average Bonchev–Trinajstić information content (AvgIpc) is 1.74. The van der Waals surface area contributed by atoms with Gasteiger partial charge in [-0.15, -0.1) is 31.7 Å². The van der Waals surface area contributed by atoms with Crippen LogP contribution in [0.15, 0.2) is 235 Å². The van der Waals surface area contributed by atoms with E-state index in [0.29, 0.717) is 162 Å². The van der Waals surface area contributed by atoms with E-state index in [-0.39, 0.29) is 102 Å². The molecule has 650 valence electrons. The number of nitrogens with zero attached hydrogens (tertiary/aromatic N) is 20. The van der Waals surface area contributed by atoms with Gasteiger partial charge >= 0.3 is 0 Å². The van der Waals surface area contributed by atoms with Crippen molar-refractivity contribution in [3.8, 4) is 91.1 Å². The maximum atomic E-state index is 13.5. The lowest BCUT2D eigenvalue weighted by Gasteiger charge is -2.28. The molecule has 4 aliphatic rings. The quantitative estimate of drug-likeness (QED) is 0.0879. The minimum Gasteiger partial charge on any atom is -0.429 e. The highest BCUT2D eigenvalue weighted by Crippen LogP contribution is 2.32. The number of anilines is 1. The summed E-state index contributed by atoms with van der Waals surface area (Å²) in [7, 11) is 0. The summed E-state index contributed by atoms with van der Waals surface area (Å²) in [5.41, 5.74) is 16.6. The van der Waals surface area contributed by atoms with Gasteiger partial charge in [-0.25, -0.2) is 78.8 Å². The number of pyridine rings is 2. The van der Waals surface area contributed by atoms with Crippen molar-refractivity contribution in [2.45, 2.75) is 84.8 Å². The first kappa shape index (κ1) is 85.7. The summed E-state index contributed by atoms with van der Waals surface area (Å²) in [5, 5.41) is 19.1. The Balaban J connectivity index is 0.000000121. The van der Waals surface area contributed by atoms with Crippen LogP contribution >= 0.6 is 11.3 Å². The zero-order valence-corrected chi connectivity index (χ0v) is 69.8. The van der Waals surface area contributed by atoms with Gasteiger partial charge in [0.2, 0.25) is 23.6 Å². The second kappa shape index (κ2) is 38.2. The summed E-state index contributed by atoms with van der Waals surface area (Å²) in [6.07, 6.45) is 8.63. The lowest BCUT2D eigenvalue weighted by molar-refractivity contribution is -0.133. The highest BCUT2D eigenvalue weighted by atomic mass is 32.1. The maximum Gasteiger partial charge on any atom is 0.292 e. The van der Waals surface area contributed by atoms with Crippen LogP contribution in [0.5, 0.6) is 0 Å². The molecule has 0 saturated carbocycles. The van der Waals surface area contributed by atoms with Gasteiger partial charge in [-0.1, -0.05) is 6.07 Å². The third-order valence-electron chi connectivity index (χ3n) is 21.9. The summed E-state index contributed by atoms with van der Waals surface area (Å²) >= 11 is 1.69. The third kappa shape index (κ3) is 20.4. The summed E-state index contributed by atoms with van der Waals surface area (Å²) in [5.74, 6) is 0.527. The van der Waals surface area contributed by atoms with Gasteiger partial charge in [-0.2, -0.15) is 4.98 Å². The number of nitrogens with two attached hydrogens (primary N) is 1. The van der Waals surface area contributed by atoms with Crippen LogP contribution in [0.2, 0.25) is 0 Å². The molecule has 20 rings (SSSR count). The van der Waals surface area contributed by atoms with E-state index in [1.54, 1.807) is 142 Å². The minimum absolute atomic E-state index is 0.00100. The maximum absolute atomic E-state index is 13.5. The topological polar surface area (TPSA) is 295 Å². The SMILES string of the molecule is Cc1nc2c(s1)CCN(C(=O)Cn1nc(-c3ccc(F)cc3)nc1-c1ccc(F)cc1)CC2.Nc1nc2c(o1)CCN(C(=O)Cn1nc(-c3ccc(F)cc3)nc1-c1ccc(F)cc1)CC2.O=C(Cn1nc(-c2ccc(F)cc2)nc1-c1ccc(F)cc1)N1CCc2ccncc2C1.O=C(Cn1nc(-c2ccc(F)cc2)nc1-c1ccc(F)cc1)N1Cc2cccnc2C1. The highest BCUT2D eigenvalue weighted by molar-refractivity contribution is 7.11. The third-order valence-corrected chi connectivity index (χ3v) is 23.0. The van der Waals surface area contributed by atoms with Crippen molar-refractivity contribution in [3.63, 3.8) is 0 Å². The smallest absolute Gasteiger partial charge is 0.292 e. The van der Waals surface area contributed by atoms with Crippen molar-refractivity contribution in [2.75, 3.05) is 38.5 Å². The van der Waals surface area contributed by atoms with Gasteiger partial charge in [0, 0.05) is 139 Å². The fraction of sp³-hybridized carbons (Fsp3) is 0.191. The number of carbonyl (C=O) groups excluding carboxylic acids is 4. The average molecular weight is 1760 g/mol. The Hall–Kier alpha value is -15.4. The Morgan fingerprint density at radius 2 is 0.682 bits per heavy atom. The number of aromatic nitrogens is 16. The van der Waals surface area contributed by atoms with Crippen LogP contribution in [0.1, 0.15) is 49.4 Å². The molecule has 8 aromatic carbocycles. The van der Waals surface area contributed by atoms with Crippen molar-refractivity contribution >= 4 is 41.0 Å². The number of thiazole rings is 1. The Kier molecular flexibility index (Phi) is 25.4. The molecule has 16 aromatic rings.